The van der Waals surface area contributed by atoms with Crippen molar-refractivity contribution < 1.29 is 0 Å². The van der Waals surface area contributed by atoms with E-state index in [1.807, 2.05) is 0 Å². The topological polar surface area (TPSA) is 0 Å². The minimum atomic E-state index is 0.597. The van der Waals surface area contributed by atoms with Gasteiger partial charge in [0.1, 0.15) is 0 Å². The van der Waals surface area contributed by atoms with Crippen LogP contribution in [-0.4, -0.2) is 5.66 Å². The summed E-state index contributed by atoms with van der Waals surface area (Å²) < 4.78 is 0. The monoisotopic (exact) mass is 112 g/mol. The second kappa shape index (κ2) is 1.79. The number of rotatable bonds is 0. The molecule has 0 radical (unpaired) electrons. The first-order valence-corrected chi connectivity index (χ1v) is 3.08. The molecule has 0 heterocycles. The van der Waals surface area contributed by atoms with Crippen LogP contribution < -0.4 is 0 Å². The molecule has 0 aromatic heterocycles. The van der Waals surface area contributed by atoms with Gasteiger partial charge in [-0.05, 0) is 6.92 Å². The van der Waals surface area contributed by atoms with Crippen molar-refractivity contribution in [1.82, 2.24) is 0 Å². The molecule has 7 heavy (non-hydrogen) atoms. The molecule has 1 aliphatic rings. The van der Waals surface area contributed by atoms with E-state index < -0.39 is 0 Å². The number of allylic oxidation sites excluding steroid dienone is 4. The first kappa shape index (κ1) is 5.05. The van der Waals surface area contributed by atoms with Crippen LogP contribution in [0.3, 0.4) is 0 Å². The Kier molecular flexibility index (Phi) is 1.30. The summed E-state index contributed by atoms with van der Waals surface area (Å²) in [5.41, 5.74) is 1.97. The van der Waals surface area contributed by atoms with E-state index in [4.69, 9.17) is 0 Å². The lowest BCUT2D eigenvalue weighted by atomic mass is 10.3. The highest BCUT2D eigenvalue weighted by Crippen LogP contribution is 2.14. The predicted molar refractivity (Wildman–Crippen MR) is 36.4 cm³/mol. The molecule has 0 saturated carbocycles. The minimum absolute atomic E-state index is 0.597. The van der Waals surface area contributed by atoms with E-state index >= 15 is 0 Å². The lowest BCUT2D eigenvalue weighted by molar-refractivity contribution is 1.45. The van der Waals surface area contributed by atoms with Crippen LogP contribution in [-0.2, 0) is 0 Å². The Labute approximate surface area is 46.5 Å². The van der Waals surface area contributed by atoms with Crippen molar-refractivity contribution in [2.75, 3.05) is 0 Å². The highest BCUT2D eigenvalue weighted by atomic mass is 31.0. The van der Waals surface area contributed by atoms with E-state index in [2.05, 4.69) is 34.4 Å². The molecule has 0 N–H and O–H groups in total. The first-order chi connectivity index (χ1) is 3.29. The molecule has 2 atom stereocenters. The third-order valence-electron chi connectivity index (χ3n) is 1.04. The zero-order chi connectivity index (χ0) is 5.28. The van der Waals surface area contributed by atoms with E-state index in [0.717, 1.165) is 0 Å². The lowest BCUT2D eigenvalue weighted by Crippen LogP contribution is -1.76. The van der Waals surface area contributed by atoms with Gasteiger partial charge in [0.25, 0.3) is 0 Å². The zero-order valence-corrected chi connectivity index (χ0v) is 5.54. The maximum absolute atomic E-state index is 2.73. The Morgan fingerprint density at radius 1 is 1.71 bits per heavy atom. The number of hydrogen-bond acceptors (Lipinski definition) is 0. The van der Waals surface area contributed by atoms with Crippen molar-refractivity contribution in [3.8, 4) is 0 Å². The molecule has 0 bridgehead atoms. The molecular formula is C6H9P. The van der Waals surface area contributed by atoms with Gasteiger partial charge < -0.3 is 0 Å². The van der Waals surface area contributed by atoms with Gasteiger partial charge in [-0.1, -0.05) is 23.8 Å². The SMILES string of the molecule is CC1=CC(P)C=C1. The van der Waals surface area contributed by atoms with Crippen molar-refractivity contribution in [1.29, 1.82) is 0 Å². The van der Waals surface area contributed by atoms with Gasteiger partial charge in [-0.15, -0.1) is 9.24 Å². The lowest BCUT2D eigenvalue weighted by Gasteiger charge is -1.85. The molecule has 1 aliphatic carbocycles. The maximum atomic E-state index is 2.73. The fraction of sp³-hybridized carbons (Fsp3) is 0.333. The standard InChI is InChI=1S/C6H9P/c1-5-2-3-6(7)4-5/h2-4,6H,7H2,1H3. The molecule has 1 rings (SSSR count). The van der Waals surface area contributed by atoms with Crippen molar-refractivity contribution in [3.05, 3.63) is 23.8 Å². The molecule has 0 aromatic rings. The normalized spacial score (nSPS) is 28.3. The van der Waals surface area contributed by atoms with Gasteiger partial charge >= 0.3 is 0 Å². The third kappa shape index (κ3) is 1.14. The van der Waals surface area contributed by atoms with Crippen molar-refractivity contribution in [3.63, 3.8) is 0 Å². The van der Waals surface area contributed by atoms with Gasteiger partial charge in [0, 0.05) is 5.66 Å². The van der Waals surface area contributed by atoms with Crippen LogP contribution in [0.1, 0.15) is 6.92 Å². The smallest absolute Gasteiger partial charge is 0.0101 e. The third-order valence-corrected chi connectivity index (χ3v) is 1.45. The summed E-state index contributed by atoms with van der Waals surface area (Å²) in [7, 11) is 2.73. The highest BCUT2D eigenvalue weighted by molar-refractivity contribution is 7.18. The Bertz CT molecular complexity index is 122. The average molecular weight is 112 g/mol. The molecule has 2 unspecified atom stereocenters. The van der Waals surface area contributed by atoms with Gasteiger partial charge in [-0.3, -0.25) is 0 Å². The fourth-order valence-corrected chi connectivity index (χ4v) is 1.09. The van der Waals surface area contributed by atoms with Gasteiger partial charge in [-0.25, -0.2) is 0 Å². The van der Waals surface area contributed by atoms with Crippen LogP contribution in [0.4, 0.5) is 0 Å². The molecule has 0 spiro atoms. The predicted octanol–water partition coefficient (Wildman–Crippen LogP) is 1.75. The summed E-state index contributed by atoms with van der Waals surface area (Å²) in [6, 6.07) is 0. The first-order valence-electron chi connectivity index (χ1n) is 2.41. The molecule has 0 fully saturated rings. The van der Waals surface area contributed by atoms with E-state index in [0.29, 0.717) is 5.66 Å². The summed E-state index contributed by atoms with van der Waals surface area (Å²) >= 11 is 0. The molecule has 0 nitrogen and oxygen atoms in total. The van der Waals surface area contributed by atoms with Crippen LogP contribution in [0.15, 0.2) is 23.8 Å². The fourth-order valence-electron chi connectivity index (χ4n) is 0.678. The Hall–Kier alpha value is -0.0900. The molecule has 0 aromatic carbocycles. The van der Waals surface area contributed by atoms with Crippen LogP contribution >= 0.6 is 9.24 Å². The molecule has 0 saturated heterocycles. The van der Waals surface area contributed by atoms with Gasteiger partial charge in [0.15, 0.2) is 0 Å². The average Bonchev–Trinajstić information content (AvgIpc) is 1.87. The quantitative estimate of drug-likeness (QED) is 0.419. The van der Waals surface area contributed by atoms with E-state index in [9.17, 15) is 0 Å². The molecule has 38 valence electrons. The van der Waals surface area contributed by atoms with Gasteiger partial charge in [0.05, 0.1) is 0 Å². The van der Waals surface area contributed by atoms with Gasteiger partial charge in [0.2, 0.25) is 0 Å². The van der Waals surface area contributed by atoms with Crippen LogP contribution in [0.25, 0.3) is 0 Å². The number of hydrogen-bond donors (Lipinski definition) is 0. The zero-order valence-electron chi connectivity index (χ0n) is 4.39. The summed E-state index contributed by atoms with van der Waals surface area (Å²) in [6.07, 6.45) is 6.52. The largest absolute Gasteiger partial charge is 0.126 e. The molecular weight excluding hydrogens is 103 g/mol. The second-order valence-corrected chi connectivity index (χ2v) is 2.62. The highest BCUT2D eigenvalue weighted by Gasteiger charge is 1.96. The van der Waals surface area contributed by atoms with Crippen molar-refractivity contribution >= 4 is 9.24 Å². The van der Waals surface area contributed by atoms with Crippen LogP contribution in [0, 0.1) is 0 Å². The summed E-state index contributed by atoms with van der Waals surface area (Å²) in [5.74, 6) is 0. The van der Waals surface area contributed by atoms with Crippen molar-refractivity contribution in [2.24, 2.45) is 0 Å². The summed E-state index contributed by atoms with van der Waals surface area (Å²) in [6.45, 7) is 2.11. The Morgan fingerprint density at radius 3 is 2.57 bits per heavy atom. The minimum Gasteiger partial charge on any atom is -0.126 e. The van der Waals surface area contributed by atoms with E-state index in [-0.39, 0.29) is 0 Å². The summed E-state index contributed by atoms with van der Waals surface area (Å²) in [5, 5.41) is 0. The Morgan fingerprint density at radius 2 is 2.43 bits per heavy atom. The van der Waals surface area contributed by atoms with Gasteiger partial charge in [-0.2, -0.15) is 0 Å². The van der Waals surface area contributed by atoms with E-state index in [1.54, 1.807) is 0 Å². The molecule has 1 heteroatoms. The Balaban J connectivity index is 2.69. The van der Waals surface area contributed by atoms with Crippen LogP contribution in [0.5, 0.6) is 0 Å². The van der Waals surface area contributed by atoms with Crippen molar-refractivity contribution in [2.45, 2.75) is 12.6 Å². The maximum Gasteiger partial charge on any atom is 0.0101 e. The second-order valence-electron chi connectivity index (χ2n) is 1.85. The molecule has 0 aliphatic heterocycles. The summed E-state index contributed by atoms with van der Waals surface area (Å²) in [4.78, 5) is 0. The van der Waals surface area contributed by atoms with E-state index in [1.165, 1.54) is 5.57 Å². The molecule has 0 amide bonds. The van der Waals surface area contributed by atoms with Crippen LogP contribution in [0.2, 0.25) is 0 Å².